The minimum Gasteiger partial charge on any atom is -0.373 e. The van der Waals surface area contributed by atoms with Gasteiger partial charge in [0.15, 0.2) is 5.13 Å². The molecule has 3 aromatic rings. The molecule has 2 aromatic carbocycles. The number of amides is 1. The van der Waals surface area contributed by atoms with E-state index in [0.717, 1.165) is 10.6 Å². The van der Waals surface area contributed by atoms with Gasteiger partial charge in [0.05, 0.1) is 27.3 Å². The number of carbonyl (C=O) groups excluding carboxylic acids is 1. The smallest absolute Gasteiger partial charge is 0.253 e. The van der Waals surface area contributed by atoms with Crippen LogP contribution in [0.5, 0.6) is 0 Å². The van der Waals surface area contributed by atoms with Crippen molar-refractivity contribution >= 4 is 42.6 Å². The molecule has 0 aliphatic carbocycles. The second kappa shape index (κ2) is 9.74. The zero-order valence-electron chi connectivity index (χ0n) is 21.1. The summed E-state index contributed by atoms with van der Waals surface area (Å²) in [5.74, 6) is -0.0808. The number of thiazole rings is 1. The molecular formula is C26H32N4O4S2. The molecule has 2 fully saturated rings. The van der Waals surface area contributed by atoms with Crippen LogP contribution in [0.3, 0.4) is 0 Å². The van der Waals surface area contributed by atoms with Gasteiger partial charge < -0.3 is 14.5 Å². The van der Waals surface area contributed by atoms with Crippen molar-refractivity contribution in [2.24, 2.45) is 0 Å². The molecule has 2 atom stereocenters. The molecule has 0 radical (unpaired) electrons. The van der Waals surface area contributed by atoms with Gasteiger partial charge in [-0.1, -0.05) is 11.3 Å². The minimum absolute atomic E-state index is 0.0808. The van der Waals surface area contributed by atoms with Crippen LogP contribution in [0.2, 0.25) is 0 Å². The average molecular weight is 529 g/mol. The summed E-state index contributed by atoms with van der Waals surface area (Å²) in [4.78, 5) is 22.2. The van der Waals surface area contributed by atoms with Crippen molar-refractivity contribution in [3.8, 4) is 0 Å². The van der Waals surface area contributed by atoms with Gasteiger partial charge in [0.1, 0.15) is 0 Å². The fraction of sp³-hybridized carbons (Fsp3) is 0.462. The van der Waals surface area contributed by atoms with Crippen molar-refractivity contribution in [2.45, 2.75) is 44.8 Å². The summed E-state index contributed by atoms with van der Waals surface area (Å²) in [6.45, 7) is 11.2. The first kappa shape index (κ1) is 25.1. The molecule has 0 bridgehead atoms. The summed E-state index contributed by atoms with van der Waals surface area (Å²) in [5.41, 5.74) is 4.02. The fourth-order valence-electron chi connectivity index (χ4n) is 4.83. The second-order valence-electron chi connectivity index (χ2n) is 9.78. The second-order valence-corrected chi connectivity index (χ2v) is 12.7. The maximum atomic E-state index is 13.1. The Morgan fingerprint density at radius 2 is 1.58 bits per heavy atom. The van der Waals surface area contributed by atoms with E-state index >= 15 is 0 Å². The molecule has 2 unspecified atom stereocenters. The highest BCUT2D eigenvalue weighted by Gasteiger charge is 2.32. The summed E-state index contributed by atoms with van der Waals surface area (Å²) >= 11 is 1.69. The van der Waals surface area contributed by atoms with E-state index < -0.39 is 10.0 Å². The van der Waals surface area contributed by atoms with Gasteiger partial charge in [-0.25, -0.2) is 13.4 Å². The van der Waals surface area contributed by atoms with Gasteiger partial charge in [0.25, 0.3) is 5.91 Å². The molecule has 0 spiro atoms. The van der Waals surface area contributed by atoms with Gasteiger partial charge in [-0.3, -0.25) is 4.79 Å². The first-order valence-corrected chi connectivity index (χ1v) is 14.5. The number of fused-ring (bicyclic) bond motifs is 1. The van der Waals surface area contributed by atoms with Gasteiger partial charge in [-0.2, -0.15) is 4.31 Å². The van der Waals surface area contributed by atoms with E-state index in [1.54, 1.807) is 23.5 Å². The Kier molecular flexibility index (Phi) is 6.80. The van der Waals surface area contributed by atoms with Crippen molar-refractivity contribution in [2.75, 3.05) is 44.2 Å². The highest BCUT2D eigenvalue weighted by molar-refractivity contribution is 7.89. The molecule has 2 aliphatic heterocycles. The summed E-state index contributed by atoms with van der Waals surface area (Å²) in [6.07, 6.45) is -0.307. The number of piperazine rings is 1. The SMILES string of the molecule is Cc1cc2nc(N3CCN(C(=O)c4ccc(S(=O)(=O)N5CC(C)OC(C)C5)cc4)CC3)sc2cc1C. The molecule has 8 nitrogen and oxygen atoms in total. The van der Waals surface area contributed by atoms with E-state index in [2.05, 4.69) is 30.9 Å². The molecular weight excluding hydrogens is 496 g/mol. The summed E-state index contributed by atoms with van der Waals surface area (Å²) in [7, 11) is -3.63. The van der Waals surface area contributed by atoms with Crippen molar-refractivity contribution in [1.29, 1.82) is 0 Å². The molecule has 1 aromatic heterocycles. The lowest BCUT2D eigenvalue weighted by atomic mass is 10.1. The Morgan fingerprint density at radius 1 is 0.972 bits per heavy atom. The van der Waals surface area contributed by atoms with Crippen LogP contribution >= 0.6 is 11.3 Å². The number of ether oxygens (including phenoxy) is 1. The third kappa shape index (κ3) is 4.87. The highest BCUT2D eigenvalue weighted by atomic mass is 32.2. The zero-order chi connectivity index (χ0) is 25.6. The average Bonchev–Trinajstić information content (AvgIpc) is 3.26. The van der Waals surface area contributed by atoms with Crippen molar-refractivity contribution in [1.82, 2.24) is 14.2 Å². The predicted molar refractivity (Wildman–Crippen MR) is 142 cm³/mol. The summed E-state index contributed by atoms with van der Waals surface area (Å²) in [6, 6.07) is 10.6. The molecule has 10 heteroatoms. The van der Waals surface area contributed by atoms with E-state index in [-0.39, 0.29) is 23.0 Å². The van der Waals surface area contributed by atoms with E-state index in [4.69, 9.17) is 9.72 Å². The maximum absolute atomic E-state index is 13.1. The normalized spacial score (nSPS) is 21.8. The summed E-state index contributed by atoms with van der Waals surface area (Å²) < 4.78 is 34.5. The van der Waals surface area contributed by atoms with Crippen LogP contribution in [-0.2, 0) is 14.8 Å². The van der Waals surface area contributed by atoms with Crippen molar-refractivity contribution < 1.29 is 17.9 Å². The Morgan fingerprint density at radius 3 is 2.22 bits per heavy atom. The number of rotatable bonds is 4. The standard InChI is InChI=1S/C26H32N4O4S2/c1-17-13-23-24(14-18(17)2)35-26(27-23)29-11-9-28(10-12-29)25(31)21-5-7-22(8-6-21)36(32,33)30-15-19(3)34-20(4)16-30/h5-8,13-14,19-20H,9-12,15-16H2,1-4H3. The number of hydrogen-bond acceptors (Lipinski definition) is 7. The zero-order valence-corrected chi connectivity index (χ0v) is 22.7. The molecule has 36 heavy (non-hydrogen) atoms. The predicted octanol–water partition coefficient (Wildman–Crippen LogP) is 3.67. The first-order chi connectivity index (χ1) is 17.1. The first-order valence-electron chi connectivity index (χ1n) is 12.3. The van der Waals surface area contributed by atoms with Crippen molar-refractivity contribution in [3.05, 3.63) is 53.1 Å². The largest absolute Gasteiger partial charge is 0.373 e. The Hall–Kier alpha value is -2.53. The van der Waals surface area contributed by atoms with Crippen LogP contribution in [0.1, 0.15) is 35.3 Å². The molecule has 0 N–H and O–H groups in total. The molecule has 2 saturated heterocycles. The van der Waals surface area contributed by atoms with E-state index in [1.165, 1.54) is 32.3 Å². The molecule has 5 rings (SSSR count). The van der Waals surface area contributed by atoms with Gasteiger partial charge in [-0.15, -0.1) is 0 Å². The topological polar surface area (TPSA) is 83.1 Å². The van der Waals surface area contributed by atoms with Gasteiger partial charge in [0.2, 0.25) is 10.0 Å². The lowest BCUT2D eigenvalue weighted by Gasteiger charge is -2.35. The Labute approximate surface area is 216 Å². The number of hydrogen-bond donors (Lipinski definition) is 0. The Balaban J connectivity index is 1.23. The molecule has 0 saturated carbocycles. The fourth-order valence-corrected chi connectivity index (χ4v) is 7.52. The third-order valence-corrected chi connectivity index (χ3v) is 9.88. The van der Waals surface area contributed by atoms with E-state index in [9.17, 15) is 13.2 Å². The number of benzene rings is 2. The van der Waals surface area contributed by atoms with Crippen molar-refractivity contribution in [3.63, 3.8) is 0 Å². The number of aryl methyl sites for hydroxylation is 2. The highest BCUT2D eigenvalue weighted by Crippen LogP contribution is 2.31. The molecule has 2 aliphatic rings. The molecule has 192 valence electrons. The maximum Gasteiger partial charge on any atom is 0.253 e. The Bertz CT molecular complexity index is 1330. The quantitative estimate of drug-likeness (QED) is 0.514. The lowest BCUT2D eigenvalue weighted by molar-refractivity contribution is -0.0440. The minimum atomic E-state index is -3.63. The van der Waals surface area contributed by atoms with E-state index in [1.807, 2.05) is 18.7 Å². The van der Waals surface area contributed by atoms with Crippen LogP contribution in [0, 0.1) is 13.8 Å². The van der Waals surface area contributed by atoms with Crippen LogP contribution in [0.15, 0.2) is 41.3 Å². The van der Waals surface area contributed by atoms with Crippen LogP contribution in [0.25, 0.3) is 10.2 Å². The lowest BCUT2D eigenvalue weighted by Crippen LogP contribution is -2.48. The monoisotopic (exact) mass is 528 g/mol. The number of aromatic nitrogens is 1. The van der Waals surface area contributed by atoms with Crippen LogP contribution < -0.4 is 4.90 Å². The van der Waals surface area contributed by atoms with Gasteiger partial charge >= 0.3 is 0 Å². The number of carbonyl (C=O) groups is 1. The van der Waals surface area contributed by atoms with Crippen LogP contribution in [0.4, 0.5) is 5.13 Å². The third-order valence-electron chi connectivity index (χ3n) is 6.96. The number of morpholine rings is 1. The number of sulfonamides is 1. The number of nitrogens with zero attached hydrogens (tertiary/aromatic N) is 4. The molecule has 3 heterocycles. The van der Waals surface area contributed by atoms with Crippen LogP contribution in [-0.4, -0.2) is 80.0 Å². The van der Waals surface area contributed by atoms with E-state index in [0.29, 0.717) is 44.8 Å². The van der Waals surface area contributed by atoms with Gasteiger partial charge in [-0.05, 0) is 75.2 Å². The van der Waals surface area contributed by atoms with Gasteiger partial charge in [0, 0.05) is 44.8 Å². The summed E-state index contributed by atoms with van der Waals surface area (Å²) in [5, 5.41) is 0.989. The number of anilines is 1. The molecule has 1 amide bonds.